The van der Waals surface area contributed by atoms with E-state index in [4.69, 9.17) is 9.47 Å². The minimum atomic E-state index is -1.01. The number of alkyl carbamates (subject to hydrolysis) is 1. The van der Waals surface area contributed by atoms with Gasteiger partial charge in [0.25, 0.3) is 0 Å². The molecule has 0 radical (unpaired) electrons. The predicted octanol–water partition coefficient (Wildman–Crippen LogP) is -1.52. The zero-order chi connectivity index (χ0) is 18.2. The molecule has 0 heterocycles. The van der Waals surface area contributed by atoms with Gasteiger partial charge in [0, 0.05) is 19.4 Å². The van der Waals surface area contributed by atoms with Crippen LogP contribution in [0.3, 0.4) is 0 Å². The summed E-state index contributed by atoms with van der Waals surface area (Å²) < 4.78 is 10.0. The topological polar surface area (TPSA) is 105 Å². The Morgan fingerprint density at radius 3 is 2.31 bits per heavy atom. The summed E-state index contributed by atoms with van der Waals surface area (Å²) in [6.45, 7) is 1.86. The van der Waals surface area contributed by atoms with E-state index in [2.05, 4.69) is 5.32 Å². The third kappa shape index (κ3) is 7.35. The maximum atomic E-state index is 11.8. The minimum absolute atomic E-state index is 0. The number of amides is 1. The molecule has 0 saturated heterocycles. The Bertz CT molecular complexity index is 601. The summed E-state index contributed by atoms with van der Waals surface area (Å²) in [6, 6.07) is 8.43. The first-order chi connectivity index (χ1) is 12.0. The van der Waals surface area contributed by atoms with Gasteiger partial charge in [-0.1, -0.05) is 18.2 Å². The SMILES string of the molecule is CC(OC(=O)NC[C@H]1CC[C@H](C(=O)[O-])CC1)OC(=O)c1ccccc1.[Na+]. The fourth-order valence-electron chi connectivity index (χ4n) is 2.84. The van der Waals surface area contributed by atoms with E-state index in [1.54, 1.807) is 30.3 Å². The van der Waals surface area contributed by atoms with Crippen molar-refractivity contribution in [2.75, 3.05) is 6.54 Å². The number of carbonyl (C=O) groups is 3. The van der Waals surface area contributed by atoms with Crippen molar-refractivity contribution in [3.63, 3.8) is 0 Å². The number of carbonyl (C=O) groups excluding carboxylic acids is 3. The number of carboxylic acid groups (broad SMARTS) is 1. The van der Waals surface area contributed by atoms with Crippen molar-refractivity contribution in [1.82, 2.24) is 5.32 Å². The van der Waals surface area contributed by atoms with Gasteiger partial charge in [-0.05, 0) is 49.7 Å². The average molecular weight is 371 g/mol. The van der Waals surface area contributed by atoms with Gasteiger partial charge in [-0.3, -0.25) is 0 Å². The zero-order valence-electron chi connectivity index (χ0n) is 15.1. The van der Waals surface area contributed by atoms with Crippen LogP contribution in [0.5, 0.6) is 0 Å². The Hall–Kier alpha value is -1.57. The van der Waals surface area contributed by atoms with E-state index in [-0.39, 0.29) is 41.4 Å². The van der Waals surface area contributed by atoms with Gasteiger partial charge in [0.2, 0.25) is 6.29 Å². The normalized spacial score (nSPS) is 20.2. The van der Waals surface area contributed by atoms with E-state index in [0.717, 1.165) is 12.8 Å². The molecule has 0 aliphatic heterocycles. The van der Waals surface area contributed by atoms with Crippen molar-refractivity contribution in [3.05, 3.63) is 35.9 Å². The summed E-state index contributed by atoms with van der Waals surface area (Å²) in [7, 11) is 0. The Labute approximate surface area is 174 Å². The zero-order valence-corrected chi connectivity index (χ0v) is 17.1. The third-order valence-corrected chi connectivity index (χ3v) is 4.27. The molecule has 0 spiro atoms. The van der Waals surface area contributed by atoms with Gasteiger partial charge < -0.3 is 24.7 Å². The van der Waals surface area contributed by atoms with Gasteiger partial charge in [-0.2, -0.15) is 0 Å². The van der Waals surface area contributed by atoms with Crippen LogP contribution in [0.2, 0.25) is 0 Å². The second-order valence-corrected chi connectivity index (χ2v) is 6.16. The number of esters is 1. The molecule has 26 heavy (non-hydrogen) atoms. The summed E-state index contributed by atoms with van der Waals surface area (Å²) in [6.07, 6.45) is 0.885. The molecule has 2 rings (SSSR count). The summed E-state index contributed by atoms with van der Waals surface area (Å²) in [5.41, 5.74) is 0.378. The number of carboxylic acids is 1. The third-order valence-electron chi connectivity index (χ3n) is 4.27. The number of ether oxygens (including phenoxy) is 2. The van der Waals surface area contributed by atoms with Gasteiger partial charge in [0.05, 0.1) is 5.56 Å². The van der Waals surface area contributed by atoms with Crippen LogP contribution in [0.1, 0.15) is 43.0 Å². The average Bonchev–Trinajstić information content (AvgIpc) is 2.61. The summed E-state index contributed by atoms with van der Waals surface area (Å²) in [4.78, 5) is 34.4. The molecule has 1 saturated carbocycles. The number of hydrogen-bond acceptors (Lipinski definition) is 6. The van der Waals surface area contributed by atoms with Gasteiger partial charge in [-0.25, -0.2) is 9.59 Å². The van der Waals surface area contributed by atoms with Crippen molar-refractivity contribution in [1.29, 1.82) is 0 Å². The molecule has 1 amide bonds. The van der Waals surface area contributed by atoms with E-state index in [9.17, 15) is 19.5 Å². The van der Waals surface area contributed by atoms with Crippen LogP contribution in [0.15, 0.2) is 30.3 Å². The van der Waals surface area contributed by atoms with Crippen molar-refractivity contribution in [2.24, 2.45) is 11.8 Å². The van der Waals surface area contributed by atoms with E-state index in [0.29, 0.717) is 24.9 Å². The van der Waals surface area contributed by atoms with Crippen molar-refractivity contribution < 1.29 is 58.5 Å². The number of benzene rings is 1. The maximum absolute atomic E-state index is 11.8. The molecule has 1 fully saturated rings. The van der Waals surface area contributed by atoms with Crippen molar-refractivity contribution in [3.8, 4) is 0 Å². The van der Waals surface area contributed by atoms with Crippen LogP contribution >= 0.6 is 0 Å². The fraction of sp³-hybridized carbons (Fsp3) is 0.500. The van der Waals surface area contributed by atoms with E-state index < -0.39 is 24.3 Å². The molecule has 0 aromatic heterocycles. The summed E-state index contributed by atoms with van der Waals surface area (Å²) in [5.74, 6) is -1.74. The van der Waals surface area contributed by atoms with Crippen LogP contribution in [0, 0.1) is 11.8 Å². The largest absolute Gasteiger partial charge is 1.00 e. The maximum Gasteiger partial charge on any atom is 1.00 e. The van der Waals surface area contributed by atoms with E-state index >= 15 is 0 Å². The fourth-order valence-corrected chi connectivity index (χ4v) is 2.84. The molecule has 1 atom stereocenters. The first-order valence-corrected chi connectivity index (χ1v) is 8.37. The van der Waals surface area contributed by atoms with Gasteiger partial charge >= 0.3 is 41.6 Å². The molecule has 1 unspecified atom stereocenters. The molecule has 1 aliphatic carbocycles. The minimum Gasteiger partial charge on any atom is -0.550 e. The van der Waals surface area contributed by atoms with Gasteiger partial charge in [-0.15, -0.1) is 0 Å². The number of hydrogen-bond donors (Lipinski definition) is 1. The molecule has 7 nitrogen and oxygen atoms in total. The van der Waals surface area contributed by atoms with Crippen LogP contribution in [-0.4, -0.2) is 30.9 Å². The van der Waals surface area contributed by atoms with Gasteiger partial charge in [0.15, 0.2) is 0 Å². The number of nitrogens with one attached hydrogen (secondary N) is 1. The first kappa shape index (κ1) is 22.5. The van der Waals surface area contributed by atoms with E-state index in [1.807, 2.05) is 0 Å². The van der Waals surface area contributed by atoms with Crippen LogP contribution < -0.4 is 40.0 Å². The summed E-state index contributed by atoms with van der Waals surface area (Å²) in [5, 5.41) is 13.4. The Balaban J connectivity index is 0.00000338. The Morgan fingerprint density at radius 1 is 1.12 bits per heavy atom. The number of aliphatic carboxylic acids is 1. The first-order valence-electron chi connectivity index (χ1n) is 8.37. The molecule has 0 bridgehead atoms. The predicted molar refractivity (Wildman–Crippen MR) is 86.3 cm³/mol. The smallest absolute Gasteiger partial charge is 0.550 e. The van der Waals surface area contributed by atoms with Crippen molar-refractivity contribution in [2.45, 2.75) is 38.9 Å². The van der Waals surface area contributed by atoms with Crippen LogP contribution in [0.4, 0.5) is 4.79 Å². The summed E-state index contributed by atoms with van der Waals surface area (Å²) >= 11 is 0. The molecular formula is C18H22NNaO6. The van der Waals surface area contributed by atoms with Crippen LogP contribution in [-0.2, 0) is 14.3 Å². The molecular weight excluding hydrogens is 349 g/mol. The molecule has 1 aliphatic rings. The molecule has 1 N–H and O–H groups in total. The second-order valence-electron chi connectivity index (χ2n) is 6.16. The van der Waals surface area contributed by atoms with E-state index in [1.165, 1.54) is 6.92 Å². The van der Waals surface area contributed by atoms with Gasteiger partial charge in [0.1, 0.15) is 0 Å². The quantitative estimate of drug-likeness (QED) is 0.370. The van der Waals surface area contributed by atoms with Crippen LogP contribution in [0.25, 0.3) is 0 Å². The second kappa shape index (κ2) is 11.2. The molecule has 136 valence electrons. The molecule has 1 aromatic rings. The van der Waals surface area contributed by atoms with Crippen molar-refractivity contribution >= 4 is 18.0 Å². The number of rotatable bonds is 6. The standard InChI is InChI=1S/C18H23NO6.Na/c1-12(24-17(22)15-5-3-2-4-6-15)25-18(23)19-11-13-7-9-14(10-8-13)16(20)21;/h2-6,12-14H,7-11H2,1H3,(H,19,23)(H,20,21);/q;+1/p-1/t12?,13-,14-;. The monoisotopic (exact) mass is 371 g/mol. The molecule has 1 aromatic carbocycles. The molecule has 8 heteroatoms. The Morgan fingerprint density at radius 2 is 1.73 bits per heavy atom. The Kier molecular flexibility index (Phi) is 9.69.